The Morgan fingerprint density at radius 3 is 1.37 bits per heavy atom. The first-order valence-electron chi connectivity index (χ1n) is 35.5. The lowest BCUT2D eigenvalue weighted by Crippen LogP contribution is -2.25. The second-order valence-electron chi connectivity index (χ2n) is 27.9. The largest absolute Gasteiger partial charge is 0.481 e. The number of aliphatic hydroxyl groups is 2. The molecule has 1 saturated heterocycles. The minimum Gasteiger partial charge on any atom is -0.481 e. The second kappa shape index (κ2) is 35.4. The monoisotopic (exact) mass is 1480 g/mol. The molecule has 1 saturated carbocycles. The topological polar surface area (TPSA) is 376 Å². The average molecular weight is 1480 g/mol. The minimum absolute atomic E-state index is 0.0300. The lowest BCUT2D eigenvalue weighted by Gasteiger charge is -2.28. The van der Waals surface area contributed by atoms with Crippen LogP contribution in [-0.2, 0) is 43.2 Å². The molecule has 2 fully saturated rings. The van der Waals surface area contributed by atoms with E-state index in [0.29, 0.717) is 148 Å². The van der Waals surface area contributed by atoms with Crippen LogP contribution in [0.4, 0.5) is 31.0 Å². The maximum Gasteiger partial charge on any atom is 0.220 e. The van der Waals surface area contributed by atoms with Gasteiger partial charge in [-0.2, -0.15) is 0 Å². The van der Waals surface area contributed by atoms with Gasteiger partial charge in [-0.05, 0) is 167 Å². The fraction of sp³-hybridized carbons (Fsp3) is 0.392. The molecule has 5 aliphatic rings. The molecule has 26 nitrogen and oxygen atoms in total. The molecule has 29 heteroatoms. The first-order chi connectivity index (χ1) is 51.9. The molecule has 3 unspecified atom stereocenters. The van der Waals surface area contributed by atoms with Gasteiger partial charge in [0.25, 0.3) is 0 Å². The van der Waals surface area contributed by atoms with Gasteiger partial charge >= 0.3 is 0 Å². The number of fused-ring (bicyclic) bond motifs is 3. The summed E-state index contributed by atoms with van der Waals surface area (Å²) in [7, 11) is 4.61. The van der Waals surface area contributed by atoms with Gasteiger partial charge in [0.1, 0.15) is 42.9 Å². The Labute approximate surface area is 623 Å². The number of rotatable bonds is 18. The fourth-order valence-corrected chi connectivity index (χ4v) is 14.6. The number of hydrogen-bond donors (Lipinski definition) is 6. The molecule has 108 heavy (non-hydrogen) atoms. The van der Waals surface area contributed by atoms with Crippen molar-refractivity contribution < 1.29 is 66.4 Å². The van der Waals surface area contributed by atoms with Crippen molar-refractivity contribution in [3.8, 4) is 51.4 Å². The van der Waals surface area contributed by atoms with Crippen molar-refractivity contribution in [3.63, 3.8) is 0 Å². The van der Waals surface area contributed by atoms with Crippen molar-refractivity contribution in [1.29, 1.82) is 0 Å². The zero-order valence-corrected chi connectivity index (χ0v) is 61.8. The lowest BCUT2D eigenvalue weighted by molar-refractivity contribution is -0.0578. The third-order valence-electron chi connectivity index (χ3n) is 19.4. The molecule has 0 spiro atoms. The SMILES string of the molecule is CC1(C)CCC(CON)C1.COc1cccc(-c2cc(F)ccc2C2CC(=O)c3c(C)nc(N)nc3C2)n1.COc1cccc(-c2cc(F)ccc2[C@@H]2C/C(=N\OC[C@H](O)CO)c3c(C)nc(N)nc3C2)n1.COc1cccc(-c2cc(F)ccc2[C@H]2C/C(=N\OC[C@H]3COC(C)O3)c3c(C)nc(N)nc3C2)n1. The molecule has 6 aromatic heterocycles. The van der Waals surface area contributed by atoms with Crippen molar-refractivity contribution >= 4 is 35.1 Å². The number of anilines is 3. The maximum absolute atomic E-state index is 14.4. The Bertz CT molecular complexity index is 4770. The van der Waals surface area contributed by atoms with Crippen LogP contribution in [-0.4, -0.2) is 145 Å². The molecule has 14 rings (SSSR count). The van der Waals surface area contributed by atoms with Gasteiger partial charge in [-0.3, -0.25) is 4.79 Å². The molecule has 9 aromatic rings. The van der Waals surface area contributed by atoms with E-state index in [-0.39, 0.29) is 84.4 Å². The fourth-order valence-electron chi connectivity index (χ4n) is 14.6. The Kier molecular flexibility index (Phi) is 25.7. The van der Waals surface area contributed by atoms with Gasteiger partial charge in [0.15, 0.2) is 12.1 Å². The van der Waals surface area contributed by atoms with Crippen molar-refractivity contribution in [1.82, 2.24) is 44.9 Å². The Morgan fingerprint density at radius 1 is 0.565 bits per heavy atom. The molecular formula is C79H90F3N15O11. The number of aromatic nitrogens is 9. The number of hydrogen-bond acceptors (Lipinski definition) is 26. The lowest BCUT2D eigenvalue weighted by atomic mass is 9.79. The zero-order valence-electron chi connectivity index (χ0n) is 61.8. The molecule has 0 bridgehead atoms. The van der Waals surface area contributed by atoms with Gasteiger partial charge in [-0.15, -0.1) is 0 Å². The summed E-state index contributed by atoms with van der Waals surface area (Å²) >= 11 is 0. The number of aliphatic hydroxyl groups excluding tert-OH is 2. The number of oxime groups is 2. The van der Waals surface area contributed by atoms with Gasteiger partial charge in [0, 0.05) is 65.3 Å². The first kappa shape index (κ1) is 78.4. The van der Waals surface area contributed by atoms with E-state index in [2.05, 4.69) is 73.9 Å². The molecule has 568 valence electrons. The average Bonchev–Trinajstić information content (AvgIpc) is 0.911. The van der Waals surface area contributed by atoms with Gasteiger partial charge in [0.2, 0.25) is 35.5 Å². The maximum atomic E-state index is 14.4. The van der Waals surface area contributed by atoms with Gasteiger partial charge < -0.3 is 65.6 Å². The summed E-state index contributed by atoms with van der Waals surface area (Å²) in [6.07, 6.45) is 5.32. The summed E-state index contributed by atoms with van der Waals surface area (Å²) < 4.78 is 69.5. The van der Waals surface area contributed by atoms with Crippen LogP contribution in [0.5, 0.6) is 17.6 Å². The Hall–Kier alpha value is -10.7. The third kappa shape index (κ3) is 19.3. The molecular weight excluding hydrogens is 1390 g/mol. The standard InChI is InChI=1S/C26H28FN5O4.C24H26FN5O4.C21H19FN4O2.C8H17NO/c1-14-25-22(31-26(28)29-14)9-16(10-23(25)32-35-13-18-12-34-15(2)36-18)19-8-7-17(27)11-20(19)21-5-4-6-24(30-21)33-3;1-13-23-20(29-24(26)27-13)8-14(9-21(23)30-34-12-16(32)11-31)17-7-6-15(25)10-18(17)19-4-3-5-22(28-19)33-2;1-11-20-17(26-21(23)24-11)8-12(9-18(20)27)14-7-6-13(22)10-15(14)16-4-3-5-19(25-16)28-2;1-8(2)4-3-7(5-8)6-10-9/h4-8,11,15-16,18H,9-10,12-13H2,1-3H3,(H2,28,29,31);3-7,10,14,16,31-32H,8-9,11-12H2,1-2H3,(H2,26,27,29);3-7,10,12H,8-9H2,1-2H3,(H2,23,24,26);7H,3-6,9H2,1-2H3/b32-23+;30-21+;;/t15?,16-,18-;14-,16+;;/m10../s1. The third-order valence-corrected chi connectivity index (χ3v) is 19.4. The number of benzene rings is 3. The first-order valence-corrected chi connectivity index (χ1v) is 35.5. The van der Waals surface area contributed by atoms with E-state index in [4.69, 9.17) is 61.6 Å². The number of Topliss-reactive ketones (excluding diaryl/α,β-unsaturated/α-hetero) is 1. The number of ether oxygens (including phenoxy) is 5. The van der Waals surface area contributed by atoms with Crippen LogP contribution in [0, 0.1) is 49.6 Å². The highest BCUT2D eigenvalue weighted by Gasteiger charge is 2.36. The number of ketones is 1. The number of pyridine rings is 3. The van der Waals surface area contributed by atoms with Crippen LogP contribution in [0.3, 0.4) is 0 Å². The smallest absolute Gasteiger partial charge is 0.220 e. The van der Waals surface area contributed by atoms with Gasteiger partial charge in [0.05, 0.1) is 109 Å². The van der Waals surface area contributed by atoms with E-state index in [1.807, 2.05) is 32.9 Å². The highest BCUT2D eigenvalue weighted by molar-refractivity contribution is 6.05. The predicted molar refractivity (Wildman–Crippen MR) is 399 cm³/mol. The number of methoxy groups -OCH3 is 3. The summed E-state index contributed by atoms with van der Waals surface area (Å²) in [5.41, 5.74) is 32.1. The summed E-state index contributed by atoms with van der Waals surface area (Å²) in [5.74, 6) is 6.06. The van der Waals surface area contributed by atoms with Crippen LogP contribution < -0.4 is 37.3 Å². The molecule has 0 radical (unpaired) electrons. The number of nitrogen functional groups attached to an aromatic ring is 3. The summed E-state index contributed by atoms with van der Waals surface area (Å²) in [5, 5.41) is 27.4. The van der Waals surface area contributed by atoms with Crippen LogP contribution in [0.2, 0.25) is 0 Å². The van der Waals surface area contributed by atoms with E-state index in [1.54, 1.807) is 74.7 Å². The van der Waals surface area contributed by atoms with Crippen molar-refractivity contribution in [2.75, 3.05) is 71.6 Å². The Balaban J connectivity index is 0.000000152. The summed E-state index contributed by atoms with van der Waals surface area (Å²) in [4.78, 5) is 67.8. The normalized spacial score (nSPS) is 19.9. The number of carbonyl (C=O) groups excluding carboxylic acids is 1. The number of nitrogens with two attached hydrogens (primary N) is 4. The highest BCUT2D eigenvalue weighted by atomic mass is 19.1. The van der Waals surface area contributed by atoms with Crippen molar-refractivity contribution in [3.05, 3.63) is 194 Å². The van der Waals surface area contributed by atoms with Crippen molar-refractivity contribution in [2.45, 2.75) is 136 Å². The van der Waals surface area contributed by atoms with Crippen LogP contribution in [0.1, 0.15) is 149 Å². The molecule has 7 heterocycles. The minimum atomic E-state index is -1.05. The predicted octanol–water partition coefficient (Wildman–Crippen LogP) is 11.4. The number of nitrogens with zero attached hydrogens (tertiary/aromatic N) is 11. The number of halogens is 3. The van der Waals surface area contributed by atoms with Crippen molar-refractivity contribution in [2.24, 2.45) is 27.5 Å². The second-order valence-corrected chi connectivity index (χ2v) is 27.9. The van der Waals surface area contributed by atoms with E-state index in [0.717, 1.165) is 45.8 Å². The van der Waals surface area contributed by atoms with E-state index >= 15 is 0 Å². The van der Waals surface area contributed by atoms with E-state index in [1.165, 1.54) is 69.9 Å². The van der Waals surface area contributed by atoms with Crippen LogP contribution >= 0.6 is 0 Å². The van der Waals surface area contributed by atoms with Gasteiger partial charge in [-0.25, -0.2) is 63.9 Å². The number of aryl methyl sites for hydroxylation is 3. The molecule has 7 atom stereocenters. The summed E-state index contributed by atoms with van der Waals surface area (Å²) in [6.45, 7) is 12.8. The summed E-state index contributed by atoms with van der Waals surface area (Å²) in [6, 6.07) is 30.0. The molecule has 3 aromatic carbocycles. The molecule has 1 aliphatic heterocycles. The number of carbonyl (C=O) groups is 1. The quantitative estimate of drug-likeness (QED) is 0.0435. The molecule has 10 N–H and O–H groups in total. The van der Waals surface area contributed by atoms with Gasteiger partial charge in [-0.1, -0.05) is 60.6 Å². The highest BCUT2D eigenvalue weighted by Crippen LogP contribution is 2.44. The molecule has 4 aliphatic carbocycles. The van der Waals surface area contributed by atoms with E-state index in [9.17, 15) is 23.1 Å². The van der Waals surface area contributed by atoms with Crippen LogP contribution in [0.25, 0.3) is 33.8 Å². The van der Waals surface area contributed by atoms with E-state index < -0.39 is 12.7 Å². The Morgan fingerprint density at radius 2 is 0.981 bits per heavy atom. The molecule has 0 amide bonds. The van der Waals surface area contributed by atoms with Crippen LogP contribution in [0.15, 0.2) is 120 Å². The zero-order chi connectivity index (χ0) is 76.9.